The second-order valence-corrected chi connectivity index (χ2v) is 7.50. The van der Waals surface area contributed by atoms with Crippen LogP contribution in [0.25, 0.3) is 0 Å². The summed E-state index contributed by atoms with van der Waals surface area (Å²) in [5.74, 6) is 0.116. The third-order valence-electron chi connectivity index (χ3n) is 4.25. The molecule has 0 saturated carbocycles. The van der Waals surface area contributed by atoms with Gasteiger partial charge >= 0.3 is 0 Å². The average molecular weight is 349 g/mol. The van der Waals surface area contributed by atoms with Crippen molar-refractivity contribution in [1.82, 2.24) is 9.88 Å². The summed E-state index contributed by atoms with van der Waals surface area (Å²) in [4.78, 5) is 20.4. The van der Waals surface area contributed by atoms with E-state index < -0.39 is 0 Å². The van der Waals surface area contributed by atoms with Gasteiger partial charge in [-0.05, 0) is 50.3 Å². The number of aryl methyl sites for hydroxylation is 2. The largest absolute Gasteiger partial charge is 0.331 e. The molecule has 0 N–H and O–H groups in total. The molecule has 1 unspecified atom stereocenters. The Bertz CT molecular complexity index is 713. The number of carbonyl (C=O) groups excluding carboxylic acids is 1. The van der Waals surface area contributed by atoms with Crippen molar-refractivity contribution >= 4 is 28.8 Å². The van der Waals surface area contributed by atoms with E-state index in [9.17, 15) is 4.79 Å². The highest BCUT2D eigenvalue weighted by atomic mass is 35.5. The lowest BCUT2D eigenvalue weighted by Crippen LogP contribution is -2.30. The van der Waals surface area contributed by atoms with Crippen LogP contribution in [0.15, 0.2) is 24.3 Å². The lowest BCUT2D eigenvalue weighted by atomic mass is 10.0. The maximum absolute atomic E-state index is 13.0. The summed E-state index contributed by atoms with van der Waals surface area (Å²) in [6.45, 7) is 4.87. The number of aromatic nitrogens is 1. The number of likely N-dealkylation sites (tertiary alicyclic amines) is 1. The summed E-state index contributed by atoms with van der Waals surface area (Å²) in [5.41, 5.74) is 1.99. The molecule has 0 bridgehead atoms. The molecule has 1 aromatic heterocycles. The number of thiazole rings is 1. The molecule has 3 nitrogen and oxygen atoms in total. The van der Waals surface area contributed by atoms with Gasteiger partial charge in [-0.3, -0.25) is 4.79 Å². The summed E-state index contributed by atoms with van der Waals surface area (Å²) in [5, 5.41) is 1.79. The van der Waals surface area contributed by atoms with E-state index in [1.54, 1.807) is 11.3 Å². The maximum atomic E-state index is 13.0. The minimum absolute atomic E-state index is 0.116. The van der Waals surface area contributed by atoms with Crippen molar-refractivity contribution in [2.24, 2.45) is 0 Å². The first-order valence-corrected chi connectivity index (χ1v) is 9.32. The van der Waals surface area contributed by atoms with Crippen LogP contribution in [-0.2, 0) is 6.42 Å². The van der Waals surface area contributed by atoms with Crippen molar-refractivity contribution < 1.29 is 4.79 Å². The van der Waals surface area contributed by atoms with Gasteiger partial charge in [0.15, 0.2) is 0 Å². The molecule has 2 aromatic rings. The first kappa shape index (κ1) is 16.5. The van der Waals surface area contributed by atoms with E-state index in [2.05, 4.69) is 18.0 Å². The molecule has 2 heterocycles. The predicted molar refractivity (Wildman–Crippen MR) is 95.3 cm³/mol. The van der Waals surface area contributed by atoms with Gasteiger partial charge in [0.2, 0.25) is 0 Å². The van der Waals surface area contributed by atoms with Gasteiger partial charge < -0.3 is 4.90 Å². The van der Waals surface area contributed by atoms with Crippen LogP contribution >= 0.6 is 22.9 Å². The Labute approximate surface area is 146 Å². The standard InChI is InChI=1S/C18H21ClN2OS/c1-3-6-16-20-12(2)17(23-16)18(22)21-10-5-9-15(21)13-7-4-8-14(19)11-13/h4,7-8,11,15H,3,5-6,9-10H2,1-2H3. The Balaban J connectivity index is 1.86. The summed E-state index contributed by atoms with van der Waals surface area (Å²) in [6, 6.07) is 7.98. The number of halogens is 1. The van der Waals surface area contributed by atoms with E-state index in [1.165, 1.54) is 0 Å². The fourth-order valence-corrected chi connectivity index (χ4v) is 4.49. The SMILES string of the molecule is CCCc1nc(C)c(C(=O)N2CCCC2c2cccc(Cl)c2)s1. The van der Waals surface area contributed by atoms with Gasteiger partial charge in [-0.2, -0.15) is 0 Å². The van der Waals surface area contributed by atoms with E-state index in [0.717, 1.165) is 58.4 Å². The van der Waals surface area contributed by atoms with Gasteiger partial charge in [0, 0.05) is 11.6 Å². The van der Waals surface area contributed by atoms with Gasteiger partial charge in [0.05, 0.1) is 16.7 Å². The molecule has 1 aromatic carbocycles. The zero-order valence-corrected chi connectivity index (χ0v) is 15.1. The number of carbonyl (C=O) groups is 1. The van der Waals surface area contributed by atoms with Crippen molar-refractivity contribution in [2.45, 2.75) is 45.6 Å². The van der Waals surface area contributed by atoms with Crippen LogP contribution in [0.3, 0.4) is 0 Å². The molecule has 1 amide bonds. The number of hydrogen-bond donors (Lipinski definition) is 0. The third-order valence-corrected chi connectivity index (χ3v) is 5.69. The normalized spacial score (nSPS) is 17.7. The molecule has 23 heavy (non-hydrogen) atoms. The van der Waals surface area contributed by atoms with E-state index in [0.29, 0.717) is 0 Å². The molecule has 5 heteroatoms. The van der Waals surface area contributed by atoms with Crippen LogP contribution < -0.4 is 0 Å². The zero-order valence-electron chi connectivity index (χ0n) is 13.5. The number of benzene rings is 1. The molecule has 1 aliphatic rings. The van der Waals surface area contributed by atoms with Gasteiger partial charge in [-0.1, -0.05) is 30.7 Å². The topological polar surface area (TPSA) is 33.2 Å². The second-order valence-electron chi connectivity index (χ2n) is 5.98. The Morgan fingerprint density at radius 1 is 1.48 bits per heavy atom. The lowest BCUT2D eigenvalue weighted by Gasteiger charge is -2.25. The fraction of sp³-hybridized carbons (Fsp3) is 0.444. The summed E-state index contributed by atoms with van der Waals surface area (Å²) in [6.07, 6.45) is 4.01. The molecule has 0 aliphatic carbocycles. The highest BCUT2D eigenvalue weighted by molar-refractivity contribution is 7.13. The van der Waals surface area contributed by atoms with E-state index >= 15 is 0 Å². The number of amides is 1. The van der Waals surface area contributed by atoms with Crippen LogP contribution in [0.1, 0.15) is 58.2 Å². The van der Waals surface area contributed by atoms with Gasteiger partial charge in [0.1, 0.15) is 4.88 Å². The van der Waals surface area contributed by atoms with Gasteiger partial charge in [0.25, 0.3) is 5.91 Å². The molecular formula is C18H21ClN2OS. The number of hydrogen-bond acceptors (Lipinski definition) is 3. The molecular weight excluding hydrogens is 328 g/mol. The molecule has 3 rings (SSSR count). The summed E-state index contributed by atoms with van der Waals surface area (Å²) < 4.78 is 0. The molecule has 0 radical (unpaired) electrons. The first-order chi connectivity index (χ1) is 11.1. The fourth-order valence-electron chi connectivity index (χ4n) is 3.17. The van der Waals surface area contributed by atoms with Crippen LogP contribution in [0.5, 0.6) is 0 Å². The van der Waals surface area contributed by atoms with Crippen LogP contribution in [0.4, 0.5) is 0 Å². The number of nitrogens with zero attached hydrogens (tertiary/aromatic N) is 2. The minimum Gasteiger partial charge on any atom is -0.331 e. The molecule has 1 aliphatic heterocycles. The van der Waals surface area contributed by atoms with Crippen molar-refractivity contribution in [1.29, 1.82) is 0 Å². The lowest BCUT2D eigenvalue weighted by molar-refractivity contribution is 0.0739. The molecule has 1 saturated heterocycles. The van der Waals surface area contributed by atoms with Crippen LogP contribution in [0, 0.1) is 6.92 Å². The number of rotatable bonds is 4. The first-order valence-electron chi connectivity index (χ1n) is 8.13. The quantitative estimate of drug-likeness (QED) is 0.775. The predicted octanol–water partition coefficient (Wildman–Crippen LogP) is 5.03. The smallest absolute Gasteiger partial charge is 0.266 e. The molecule has 1 fully saturated rings. The Kier molecular flexibility index (Phi) is 5.02. The van der Waals surface area contributed by atoms with Crippen LogP contribution in [-0.4, -0.2) is 22.3 Å². The van der Waals surface area contributed by atoms with Crippen molar-refractivity contribution in [2.75, 3.05) is 6.54 Å². The molecule has 1 atom stereocenters. The van der Waals surface area contributed by atoms with Gasteiger partial charge in [-0.15, -0.1) is 11.3 Å². The highest BCUT2D eigenvalue weighted by Gasteiger charge is 2.32. The van der Waals surface area contributed by atoms with Gasteiger partial charge in [-0.25, -0.2) is 4.98 Å². The van der Waals surface area contributed by atoms with E-state index in [-0.39, 0.29) is 11.9 Å². The Morgan fingerprint density at radius 3 is 3.04 bits per heavy atom. The summed E-state index contributed by atoms with van der Waals surface area (Å²) in [7, 11) is 0. The third kappa shape index (κ3) is 3.43. The monoisotopic (exact) mass is 348 g/mol. The summed E-state index contributed by atoms with van der Waals surface area (Å²) >= 11 is 7.67. The average Bonchev–Trinajstić information content (AvgIpc) is 3.14. The Hall–Kier alpha value is -1.39. The van der Waals surface area contributed by atoms with Crippen molar-refractivity contribution in [3.05, 3.63) is 50.4 Å². The highest BCUT2D eigenvalue weighted by Crippen LogP contribution is 2.35. The van der Waals surface area contributed by atoms with E-state index in [4.69, 9.17) is 11.6 Å². The maximum Gasteiger partial charge on any atom is 0.266 e. The Morgan fingerprint density at radius 2 is 2.30 bits per heavy atom. The van der Waals surface area contributed by atoms with Crippen molar-refractivity contribution in [3.63, 3.8) is 0 Å². The van der Waals surface area contributed by atoms with E-state index in [1.807, 2.05) is 30.0 Å². The van der Waals surface area contributed by atoms with Crippen LogP contribution in [0.2, 0.25) is 5.02 Å². The second kappa shape index (κ2) is 7.02. The minimum atomic E-state index is 0.116. The zero-order chi connectivity index (χ0) is 16.4. The van der Waals surface area contributed by atoms with Crippen molar-refractivity contribution in [3.8, 4) is 0 Å². The molecule has 122 valence electrons. The molecule has 0 spiro atoms.